The lowest BCUT2D eigenvalue weighted by Crippen LogP contribution is -2.53. The van der Waals surface area contributed by atoms with Gasteiger partial charge >= 0.3 is 6.09 Å². The van der Waals surface area contributed by atoms with Gasteiger partial charge in [0.1, 0.15) is 6.61 Å². The molecule has 3 aromatic rings. The lowest BCUT2D eigenvalue weighted by Gasteiger charge is -2.40. The predicted molar refractivity (Wildman–Crippen MR) is 138 cm³/mol. The maximum Gasteiger partial charge on any atom is 0.410 e. The van der Waals surface area contributed by atoms with E-state index in [1.165, 1.54) is 0 Å². The Bertz CT molecular complexity index is 1050. The zero-order chi connectivity index (χ0) is 25.2. The molecule has 0 bridgehead atoms. The van der Waals surface area contributed by atoms with E-state index in [4.69, 9.17) is 14.2 Å². The number of rotatable bonds is 10. The van der Waals surface area contributed by atoms with Crippen LogP contribution in [0.3, 0.4) is 0 Å². The first-order chi connectivity index (χ1) is 17.6. The molecule has 190 valence electrons. The van der Waals surface area contributed by atoms with Crippen LogP contribution in [0.2, 0.25) is 0 Å². The van der Waals surface area contributed by atoms with Crippen molar-refractivity contribution in [3.63, 3.8) is 0 Å². The summed E-state index contributed by atoms with van der Waals surface area (Å²) >= 11 is 0. The molecule has 1 aliphatic rings. The van der Waals surface area contributed by atoms with Crippen LogP contribution < -0.4 is 0 Å². The maximum atomic E-state index is 13.5. The molecule has 1 aliphatic heterocycles. The molecule has 0 spiro atoms. The van der Waals surface area contributed by atoms with Crippen molar-refractivity contribution in [1.29, 1.82) is 0 Å². The van der Waals surface area contributed by atoms with Gasteiger partial charge < -0.3 is 19.3 Å². The first kappa shape index (κ1) is 25.9. The van der Waals surface area contributed by atoms with E-state index < -0.39 is 18.4 Å². The van der Waals surface area contributed by atoms with Crippen LogP contribution in [0, 0.1) is 5.92 Å². The number of aliphatic hydroxyl groups is 1. The maximum absolute atomic E-state index is 13.5. The number of benzene rings is 3. The van der Waals surface area contributed by atoms with Crippen LogP contribution in [0.15, 0.2) is 91.0 Å². The summed E-state index contributed by atoms with van der Waals surface area (Å²) in [7, 11) is 0. The number of carbonyl (C=O) groups is 1. The summed E-state index contributed by atoms with van der Waals surface area (Å²) in [5.41, 5.74) is 2.95. The summed E-state index contributed by atoms with van der Waals surface area (Å²) in [6, 6.07) is 28.9. The summed E-state index contributed by atoms with van der Waals surface area (Å²) < 4.78 is 17.9. The standard InChI is InChI=1S/C30H35NO5/c1-23-17-18-28(36-29(23)32)27(22-34-20-25-13-7-3-8-14-25)31(19-24-11-5-2-6-12-24)30(33)35-21-26-15-9-4-10-16-26/h2-16,23,27-29,32H,17-22H2,1H3/t23?,27-,28+,29?/m1/s1. The molecule has 1 fully saturated rings. The zero-order valence-corrected chi connectivity index (χ0v) is 20.7. The van der Waals surface area contributed by atoms with E-state index in [1.807, 2.05) is 97.9 Å². The Morgan fingerprint density at radius 1 is 0.889 bits per heavy atom. The third kappa shape index (κ3) is 7.40. The number of hydrogen-bond donors (Lipinski definition) is 1. The average Bonchev–Trinajstić information content (AvgIpc) is 2.92. The summed E-state index contributed by atoms with van der Waals surface area (Å²) in [5.74, 6) is 0.0414. The van der Waals surface area contributed by atoms with E-state index in [1.54, 1.807) is 4.90 Å². The van der Waals surface area contributed by atoms with Gasteiger partial charge in [-0.05, 0) is 29.5 Å². The van der Waals surface area contributed by atoms with E-state index >= 15 is 0 Å². The van der Waals surface area contributed by atoms with Crippen molar-refractivity contribution in [2.24, 2.45) is 5.92 Å². The molecule has 6 heteroatoms. The molecule has 1 N–H and O–H groups in total. The van der Waals surface area contributed by atoms with Gasteiger partial charge in [0.05, 0.1) is 25.4 Å². The predicted octanol–water partition coefficient (Wildman–Crippen LogP) is 5.54. The second-order valence-electron chi connectivity index (χ2n) is 9.34. The third-order valence-electron chi connectivity index (χ3n) is 6.57. The van der Waals surface area contributed by atoms with Gasteiger partial charge in [-0.3, -0.25) is 4.90 Å². The Hall–Kier alpha value is -3.19. The van der Waals surface area contributed by atoms with Gasteiger partial charge in [0, 0.05) is 12.5 Å². The Morgan fingerprint density at radius 2 is 1.44 bits per heavy atom. The number of hydrogen-bond acceptors (Lipinski definition) is 5. The normalized spacial score (nSPS) is 20.4. The Labute approximate surface area is 213 Å². The van der Waals surface area contributed by atoms with Crippen LogP contribution >= 0.6 is 0 Å². The second kappa shape index (κ2) is 13.2. The van der Waals surface area contributed by atoms with E-state index in [-0.39, 0.29) is 25.2 Å². The van der Waals surface area contributed by atoms with Crippen molar-refractivity contribution in [3.05, 3.63) is 108 Å². The molecule has 1 amide bonds. The van der Waals surface area contributed by atoms with Gasteiger partial charge in [-0.1, -0.05) is 97.9 Å². The monoisotopic (exact) mass is 489 g/mol. The molecule has 36 heavy (non-hydrogen) atoms. The molecule has 1 saturated heterocycles. The molecule has 0 aromatic heterocycles. The SMILES string of the molecule is CC1CC[C@@H]([C@@H](COCc2ccccc2)N(Cc2ccccc2)C(=O)OCc2ccccc2)OC1O. The molecule has 1 heterocycles. The summed E-state index contributed by atoms with van der Waals surface area (Å²) in [5, 5.41) is 10.5. The van der Waals surface area contributed by atoms with E-state index in [9.17, 15) is 9.90 Å². The first-order valence-corrected chi connectivity index (χ1v) is 12.6. The van der Waals surface area contributed by atoms with Gasteiger partial charge in [-0.15, -0.1) is 0 Å². The number of amides is 1. The Morgan fingerprint density at radius 3 is 2.03 bits per heavy atom. The van der Waals surface area contributed by atoms with Crippen LogP contribution in [0.5, 0.6) is 0 Å². The third-order valence-corrected chi connectivity index (χ3v) is 6.57. The quantitative estimate of drug-likeness (QED) is 0.405. The van der Waals surface area contributed by atoms with Crippen molar-refractivity contribution < 1.29 is 24.1 Å². The molecular weight excluding hydrogens is 454 g/mol. The van der Waals surface area contributed by atoms with Crippen molar-refractivity contribution >= 4 is 6.09 Å². The summed E-state index contributed by atoms with van der Waals surface area (Å²) in [6.45, 7) is 3.17. The lowest BCUT2D eigenvalue weighted by atomic mass is 9.94. The molecule has 0 radical (unpaired) electrons. The molecule has 2 unspecified atom stereocenters. The molecular formula is C30H35NO5. The van der Waals surface area contributed by atoms with Crippen molar-refractivity contribution in [3.8, 4) is 0 Å². The molecule has 3 aromatic carbocycles. The minimum atomic E-state index is -0.876. The summed E-state index contributed by atoms with van der Waals surface area (Å²) in [4.78, 5) is 15.2. The zero-order valence-electron chi connectivity index (χ0n) is 20.7. The van der Waals surface area contributed by atoms with Gasteiger partial charge in [0.15, 0.2) is 6.29 Å². The van der Waals surface area contributed by atoms with E-state index in [0.29, 0.717) is 13.2 Å². The number of ether oxygens (including phenoxy) is 3. The average molecular weight is 490 g/mol. The van der Waals surface area contributed by atoms with Gasteiger partial charge in [-0.25, -0.2) is 4.79 Å². The van der Waals surface area contributed by atoms with Crippen LogP contribution in [-0.2, 0) is 34.0 Å². The highest BCUT2D eigenvalue weighted by molar-refractivity contribution is 5.68. The first-order valence-electron chi connectivity index (χ1n) is 12.6. The van der Waals surface area contributed by atoms with Gasteiger partial charge in [-0.2, -0.15) is 0 Å². The number of nitrogens with zero attached hydrogens (tertiary/aromatic N) is 1. The Kier molecular flexibility index (Phi) is 9.50. The topological polar surface area (TPSA) is 68.2 Å². The fraction of sp³-hybridized carbons (Fsp3) is 0.367. The summed E-state index contributed by atoms with van der Waals surface area (Å²) in [6.07, 6.45) is -0.166. The van der Waals surface area contributed by atoms with Crippen molar-refractivity contribution in [2.45, 2.75) is 58.0 Å². The van der Waals surface area contributed by atoms with Crippen LogP contribution in [0.1, 0.15) is 36.5 Å². The molecule has 4 rings (SSSR count). The van der Waals surface area contributed by atoms with Crippen LogP contribution in [-0.4, -0.2) is 41.1 Å². The highest BCUT2D eigenvalue weighted by atomic mass is 16.6. The fourth-order valence-electron chi connectivity index (χ4n) is 4.40. The van der Waals surface area contributed by atoms with Gasteiger partial charge in [0.2, 0.25) is 0 Å². The highest BCUT2D eigenvalue weighted by Crippen LogP contribution is 2.28. The van der Waals surface area contributed by atoms with Crippen molar-refractivity contribution in [2.75, 3.05) is 6.61 Å². The fourth-order valence-corrected chi connectivity index (χ4v) is 4.40. The molecule has 4 atom stereocenters. The highest BCUT2D eigenvalue weighted by Gasteiger charge is 2.38. The number of carbonyl (C=O) groups excluding carboxylic acids is 1. The molecule has 0 aliphatic carbocycles. The lowest BCUT2D eigenvalue weighted by molar-refractivity contribution is -0.208. The van der Waals surface area contributed by atoms with Crippen LogP contribution in [0.4, 0.5) is 4.79 Å². The van der Waals surface area contributed by atoms with E-state index in [2.05, 4.69) is 0 Å². The second-order valence-corrected chi connectivity index (χ2v) is 9.34. The minimum Gasteiger partial charge on any atom is -0.445 e. The van der Waals surface area contributed by atoms with Gasteiger partial charge in [0.25, 0.3) is 0 Å². The smallest absolute Gasteiger partial charge is 0.410 e. The molecule has 6 nitrogen and oxygen atoms in total. The largest absolute Gasteiger partial charge is 0.445 e. The molecule has 0 saturated carbocycles. The van der Waals surface area contributed by atoms with Crippen molar-refractivity contribution in [1.82, 2.24) is 4.90 Å². The number of aliphatic hydroxyl groups excluding tert-OH is 1. The van der Waals surface area contributed by atoms with E-state index in [0.717, 1.165) is 29.5 Å². The minimum absolute atomic E-state index is 0.0414. The van der Waals surface area contributed by atoms with Crippen LogP contribution in [0.25, 0.3) is 0 Å². The Balaban J connectivity index is 1.54.